The fraction of sp³-hybridized carbons (Fsp3) is 0.278. The molecule has 0 aliphatic rings. The van der Waals surface area contributed by atoms with Gasteiger partial charge in [-0.3, -0.25) is 8.75 Å². The fourth-order valence-corrected chi connectivity index (χ4v) is 3.51. The van der Waals surface area contributed by atoms with Crippen LogP contribution in [0.2, 0.25) is 0 Å². The van der Waals surface area contributed by atoms with Crippen LogP contribution in [0.3, 0.4) is 0 Å². The second kappa shape index (κ2) is 7.35. The molecule has 0 saturated heterocycles. The molecule has 0 radical (unpaired) electrons. The number of aromatic amines is 1. The van der Waals surface area contributed by atoms with Crippen molar-refractivity contribution in [2.24, 2.45) is 0 Å². The molecule has 0 atom stereocenters. The van der Waals surface area contributed by atoms with Crippen LogP contribution >= 0.6 is 0 Å². The van der Waals surface area contributed by atoms with Crippen molar-refractivity contribution in [3.63, 3.8) is 0 Å². The quantitative estimate of drug-likeness (QED) is 0.505. The van der Waals surface area contributed by atoms with E-state index in [-0.39, 0.29) is 23.8 Å². The third-order valence-corrected chi connectivity index (χ3v) is 5.29. The molecule has 1 N–H and O–H groups in total. The average Bonchev–Trinajstić information content (AvgIpc) is 2.93. The SMILES string of the molecule is CCn1c(=O)[nH]c2ccc(OCCOS(=O)(=O)c3ccc(C)cc3)cc21. The fourth-order valence-electron chi connectivity index (χ4n) is 2.61. The number of nitrogens with one attached hydrogen (secondary N) is 1. The van der Waals surface area contributed by atoms with Gasteiger partial charge in [-0.1, -0.05) is 17.7 Å². The molecule has 3 rings (SSSR count). The highest BCUT2D eigenvalue weighted by Gasteiger charge is 2.14. The Bertz CT molecular complexity index is 1070. The van der Waals surface area contributed by atoms with E-state index in [2.05, 4.69) is 4.98 Å². The summed E-state index contributed by atoms with van der Waals surface area (Å²) in [5.74, 6) is 0.537. The minimum Gasteiger partial charge on any atom is -0.491 e. The number of aryl methyl sites for hydroxylation is 2. The number of fused-ring (bicyclic) bond motifs is 1. The van der Waals surface area contributed by atoms with Gasteiger partial charge in [-0.2, -0.15) is 8.42 Å². The highest BCUT2D eigenvalue weighted by atomic mass is 32.2. The van der Waals surface area contributed by atoms with Crippen molar-refractivity contribution in [1.29, 1.82) is 0 Å². The Morgan fingerprint density at radius 2 is 1.81 bits per heavy atom. The van der Waals surface area contributed by atoms with Gasteiger partial charge in [0.2, 0.25) is 0 Å². The van der Waals surface area contributed by atoms with Crippen LogP contribution < -0.4 is 10.4 Å². The monoisotopic (exact) mass is 376 g/mol. The molecule has 0 unspecified atom stereocenters. The zero-order valence-electron chi connectivity index (χ0n) is 14.6. The van der Waals surface area contributed by atoms with Gasteiger partial charge in [-0.25, -0.2) is 4.79 Å². The number of imidazole rings is 1. The Balaban J connectivity index is 1.62. The molecular formula is C18H20N2O5S. The highest BCUT2D eigenvalue weighted by Crippen LogP contribution is 2.19. The molecule has 0 aliphatic carbocycles. The molecule has 0 spiro atoms. The minimum absolute atomic E-state index is 0.0668. The molecule has 1 aromatic heterocycles. The summed E-state index contributed by atoms with van der Waals surface area (Å²) in [6, 6.07) is 11.7. The third kappa shape index (κ3) is 3.81. The predicted molar refractivity (Wildman–Crippen MR) is 98.0 cm³/mol. The number of H-pyrrole nitrogens is 1. The molecule has 7 nitrogen and oxygen atoms in total. The second-order valence-electron chi connectivity index (χ2n) is 5.79. The minimum atomic E-state index is -3.80. The largest absolute Gasteiger partial charge is 0.491 e. The van der Waals surface area contributed by atoms with Gasteiger partial charge in [0.1, 0.15) is 19.0 Å². The summed E-state index contributed by atoms with van der Waals surface area (Å²) in [7, 11) is -3.80. The number of hydrogen-bond donors (Lipinski definition) is 1. The van der Waals surface area contributed by atoms with E-state index in [1.54, 1.807) is 34.9 Å². The van der Waals surface area contributed by atoms with Crippen molar-refractivity contribution in [3.8, 4) is 5.75 Å². The predicted octanol–water partition coefficient (Wildman–Crippen LogP) is 2.44. The summed E-state index contributed by atoms with van der Waals surface area (Å²) in [6.45, 7) is 4.26. The van der Waals surface area contributed by atoms with Gasteiger partial charge in [0.25, 0.3) is 10.1 Å². The summed E-state index contributed by atoms with van der Waals surface area (Å²) >= 11 is 0. The van der Waals surface area contributed by atoms with E-state index in [4.69, 9.17) is 8.92 Å². The number of nitrogens with zero attached hydrogens (tertiary/aromatic N) is 1. The van der Waals surface area contributed by atoms with Crippen LogP contribution in [0.4, 0.5) is 0 Å². The van der Waals surface area contributed by atoms with Crippen molar-refractivity contribution < 1.29 is 17.3 Å². The third-order valence-electron chi connectivity index (χ3n) is 3.96. The van der Waals surface area contributed by atoms with E-state index in [0.717, 1.165) is 16.6 Å². The number of rotatable bonds is 7. The number of aromatic nitrogens is 2. The smallest absolute Gasteiger partial charge is 0.326 e. The first-order valence-corrected chi connectivity index (χ1v) is 9.63. The Labute approximate surface area is 151 Å². The van der Waals surface area contributed by atoms with Crippen molar-refractivity contribution in [1.82, 2.24) is 9.55 Å². The Hall–Kier alpha value is -2.58. The first-order chi connectivity index (χ1) is 12.4. The van der Waals surface area contributed by atoms with Crippen molar-refractivity contribution in [2.45, 2.75) is 25.3 Å². The van der Waals surface area contributed by atoms with Crippen molar-refractivity contribution >= 4 is 21.2 Å². The maximum atomic E-state index is 12.1. The molecular weight excluding hydrogens is 356 g/mol. The lowest BCUT2D eigenvalue weighted by Gasteiger charge is -2.08. The summed E-state index contributed by atoms with van der Waals surface area (Å²) in [6.07, 6.45) is 0. The lowest BCUT2D eigenvalue weighted by molar-refractivity contribution is 0.221. The molecule has 1 heterocycles. The van der Waals surface area contributed by atoms with E-state index < -0.39 is 10.1 Å². The van der Waals surface area contributed by atoms with Gasteiger partial charge >= 0.3 is 5.69 Å². The van der Waals surface area contributed by atoms with E-state index in [9.17, 15) is 13.2 Å². The molecule has 26 heavy (non-hydrogen) atoms. The molecule has 0 aliphatic heterocycles. The number of ether oxygens (including phenoxy) is 1. The lowest BCUT2D eigenvalue weighted by Crippen LogP contribution is -2.15. The van der Waals surface area contributed by atoms with E-state index in [1.165, 1.54) is 12.1 Å². The van der Waals surface area contributed by atoms with Crippen LogP contribution in [0.5, 0.6) is 5.75 Å². The Morgan fingerprint density at radius 1 is 1.08 bits per heavy atom. The molecule has 0 amide bonds. The number of benzene rings is 2. The average molecular weight is 376 g/mol. The normalized spacial score (nSPS) is 11.8. The highest BCUT2D eigenvalue weighted by molar-refractivity contribution is 7.86. The van der Waals surface area contributed by atoms with Gasteiger partial charge in [0.15, 0.2) is 0 Å². The van der Waals surface area contributed by atoms with E-state index in [0.29, 0.717) is 12.3 Å². The van der Waals surface area contributed by atoms with Gasteiger partial charge in [0.05, 0.1) is 15.9 Å². The molecule has 138 valence electrons. The Kier molecular flexibility index (Phi) is 5.15. The van der Waals surface area contributed by atoms with Crippen LogP contribution in [0.25, 0.3) is 11.0 Å². The second-order valence-corrected chi connectivity index (χ2v) is 7.41. The van der Waals surface area contributed by atoms with Crippen LogP contribution in [-0.2, 0) is 20.8 Å². The van der Waals surface area contributed by atoms with Crippen LogP contribution in [0.1, 0.15) is 12.5 Å². The summed E-state index contributed by atoms with van der Waals surface area (Å²) < 4.78 is 36.3. The van der Waals surface area contributed by atoms with Crippen LogP contribution in [0.15, 0.2) is 52.2 Å². The van der Waals surface area contributed by atoms with Gasteiger partial charge in [0, 0.05) is 12.6 Å². The van der Waals surface area contributed by atoms with Gasteiger partial charge < -0.3 is 9.72 Å². The van der Waals surface area contributed by atoms with Crippen molar-refractivity contribution in [2.75, 3.05) is 13.2 Å². The first kappa shape index (κ1) is 18.2. The molecule has 0 fully saturated rings. The Morgan fingerprint density at radius 3 is 2.50 bits per heavy atom. The topological polar surface area (TPSA) is 90.4 Å². The molecule has 8 heteroatoms. The first-order valence-electron chi connectivity index (χ1n) is 8.22. The number of hydrogen-bond acceptors (Lipinski definition) is 5. The standard InChI is InChI=1S/C18H20N2O5S/c1-3-20-17-12-14(6-9-16(17)19-18(20)21)24-10-11-25-26(22,23)15-7-4-13(2)5-8-15/h4-9,12H,3,10-11H2,1-2H3,(H,19,21). The zero-order chi connectivity index (χ0) is 18.7. The molecule has 0 bridgehead atoms. The van der Waals surface area contributed by atoms with Crippen LogP contribution in [0, 0.1) is 6.92 Å². The lowest BCUT2D eigenvalue weighted by atomic mass is 10.2. The maximum Gasteiger partial charge on any atom is 0.326 e. The summed E-state index contributed by atoms with van der Waals surface area (Å²) in [5.41, 5.74) is 2.26. The molecule has 2 aromatic carbocycles. The zero-order valence-corrected chi connectivity index (χ0v) is 15.4. The van der Waals surface area contributed by atoms with E-state index in [1.807, 2.05) is 13.8 Å². The van der Waals surface area contributed by atoms with Crippen molar-refractivity contribution in [3.05, 3.63) is 58.5 Å². The summed E-state index contributed by atoms with van der Waals surface area (Å²) in [4.78, 5) is 14.7. The molecule has 0 saturated carbocycles. The van der Waals surface area contributed by atoms with Gasteiger partial charge in [-0.15, -0.1) is 0 Å². The van der Waals surface area contributed by atoms with Crippen LogP contribution in [-0.4, -0.2) is 31.2 Å². The van der Waals surface area contributed by atoms with E-state index >= 15 is 0 Å². The van der Waals surface area contributed by atoms with Gasteiger partial charge in [-0.05, 0) is 38.1 Å². The molecule has 3 aromatic rings. The maximum absolute atomic E-state index is 12.1. The summed E-state index contributed by atoms with van der Waals surface area (Å²) in [5, 5.41) is 0.